The lowest BCUT2D eigenvalue weighted by atomic mass is 10.4. The lowest BCUT2D eigenvalue weighted by Gasteiger charge is -2.20. The molecule has 5 nitrogen and oxygen atoms in total. The van der Waals surface area contributed by atoms with E-state index in [9.17, 15) is 13.2 Å². The highest BCUT2D eigenvalue weighted by atomic mass is 19.4. The second-order valence-corrected chi connectivity index (χ2v) is 3.10. The molecular weight excluding hydrogens is 225 g/mol. The molecule has 0 aliphatic rings. The van der Waals surface area contributed by atoms with Gasteiger partial charge in [0.2, 0.25) is 11.8 Å². The summed E-state index contributed by atoms with van der Waals surface area (Å²) >= 11 is 0. The minimum Gasteiger partial charge on any atom is -0.481 e. The van der Waals surface area contributed by atoms with E-state index in [1.54, 1.807) is 0 Å². The molecule has 0 radical (unpaired) electrons. The van der Waals surface area contributed by atoms with Gasteiger partial charge in [0.25, 0.3) is 0 Å². The first-order chi connectivity index (χ1) is 7.31. The maximum atomic E-state index is 12.1. The maximum absolute atomic E-state index is 12.1. The average molecular weight is 236 g/mol. The second-order valence-electron chi connectivity index (χ2n) is 3.10. The Morgan fingerprint density at radius 3 is 2.56 bits per heavy atom. The van der Waals surface area contributed by atoms with Gasteiger partial charge in [-0.05, 0) is 0 Å². The summed E-state index contributed by atoms with van der Waals surface area (Å²) in [6.07, 6.45) is -4.30. The molecule has 0 aliphatic carbocycles. The third kappa shape index (κ3) is 3.44. The van der Waals surface area contributed by atoms with Gasteiger partial charge in [0.05, 0.1) is 7.11 Å². The van der Waals surface area contributed by atoms with Crippen LogP contribution in [0.3, 0.4) is 0 Å². The van der Waals surface area contributed by atoms with Crippen LogP contribution in [0.4, 0.5) is 24.9 Å². The third-order valence-electron chi connectivity index (χ3n) is 1.72. The highest BCUT2D eigenvalue weighted by molar-refractivity contribution is 5.44. The maximum Gasteiger partial charge on any atom is 0.405 e. The summed E-state index contributed by atoms with van der Waals surface area (Å²) in [6, 6.07) is 1.28. The Bertz CT molecular complexity index is 369. The van der Waals surface area contributed by atoms with Crippen molar-refractivity contribution in [3.8, 4) is 5.88 Å². The molecule has 0 spiro atoms. The smallest absolute Gasteiger partial charge is 0.405 e. The molecule has 0 saturated heterocycles. The van der Waals surface area contributed by atoms with E-state index >= 15 is 0 Å². The van der Waals surface area contributed by atoms with Crippen LogP contribution in [0.15, 0.2) is 6.07 Å². The molecule has 1 aromatic heterocycles. The zero-order valence-electron chi connectivity index (χ0n) is 8.75. The molecule has 8 heteroatoms. The summed E-state index contributed by atoms with van der Waals surface area (Å²) < 4.78 is 41.2. The Hall–Kier alpha value is -1.73. The van der Waals surface area contributed by atoms with E-state index < -0.39 is 12.7 Å². The summed E-state index contributed by atoms with van der Waals surface area (Å²) in [4.78, 5) is 8.26. The molecular formula is C8H11F3N4O. The first-order valence-electron chi connectivity index (χ1n) is 4.28. The fourth-order valence-corrected chi connectivity index (χ4v) is 1.08. The summed E-state index contributed by atoms with van der Waals surface area (Å²) in [6.45, 7) is -1.12. The number of anilines is 2. The van der Waals surface area contributed by atoms with Crippen molar-refractivity contribution in [1.29, 1.82) is 0 Å². The van der Waals surface area contributed by atoms with Gasteiger partial charge in [0, 0.05) is 13.1 Å². The molecule has 1 aromatic rings. The Balaban J connectivity index is 2.90. The normalized spacial score (nSPS) is 11.3. The molecule has 0 amide bonds. The molecule has 16 heavy (non-hydrogen) atoms. The lowest BCUT2D eigenvalue weighted by Crippen LogP contribution is -2.31. The number of alkyl halides is 3. The van der Waals surface area contributed by atoms with Crippen molar-refractivity contribution in [2.45, 2.75) is 6.18 Å². The number of ether oxygens (including phenoxy) is 1. The van der Waals surface area contributed by atoms with Crippen molar-refractivity contribution in [2.24, 2.45) is 0 Å². The lowest BCUT2D eigenvalue weighted by molar-refractivity contribution is -0.119. The van der Waals surface area contributed by atoms with Crippen LogP contribution in [-0.4, -0.2) is 36.8 Å². The molecule has 1 heterocycles. The van der Waals surface area contributed by atoms with Crippen LogP contribution in [-0.2, 0) is 0 Å². The third-order valence-corrected chi connectivity index (χ3v) is 1.72. The fourth-order valence-electron chi connectivity index (χ4n) is 1.08. The molecule has 2 N–H and O–H groups in total. The molecule has 0 bridgehead atoms. The van der Waals surface area contributed by atoms with Crippen molar-refractivity contribution >= 4 is 11.8 Å². The van der Waals surface area contributed by atoms with E-state index in [-0.39, 0.29) is 17.6 Å². The predicted octanol–water partition coefficient (Wildman–Crippen LogP) is 1.07. The minimum absolute atomic E-state index is 0.0571. The highest BCUT2D eigenvalue weighted by Crippen LogP contribution is 2.22. The van der Waals surface area contributed by atoms with Gasteiger partial charge >= 0.3 is 6.18 Å². The van der Waals surface area contributed by atoms with Crippen LogP contribution < -0.4 is 15.4 Å². The van der Waals surface area contributed by atoms with E-state index in [1.165, 1.54) is 20.2 Å². The van der Waals surface area contributed by atoms with Gasteiger partial charge in [0.15, 0.2) is 0 Å². The van der Waals surface area contributed by atoms with E-state index in [0.717, 1.165) is 4.90 Å². The average Bonchev–Trinajstić information content (AvgIpc) is 2.14. The molecule has 0 aliphatic heterocycles. The summed E-state index contributed by atoms with van der Waals surface area (Å²) in [5.74, 6) is 0.0431. The largest absolute Gasteiger partial charge is 0.481 e. The van der Waals surface area contributed by atoms with E-state index in [1.807, 2.05) is 0 Å². The van der Waals surface area contributed by atoms with Gasteiger partial charge in [-0.25, -0.2) is 0 Å². The molecule has 90 valence electrons. The number of nitrogen functional groups attached to an aromatic ring is 1. The Kier molecular flexibility index (Phi) is 3.41. The van der Waals surface area contributed by atoms with Crippen molar-refractivity contribution in [3.05, 3.63) is 6.07 Å². The number of aromatic nitrogens is 2. The van der Waals surface area contributed by atoms with Crippen LogP contribution in [0.1, 0.15) is 0 Å². The molecule has 0 unspecified atom stereocenters. The number of rotatable bonds is 3. The number of hydrogen-bond acceptors (Lipinski definition) is 5. The van der Waals surface area contributed by atoms with E-state index in [4.69, 9.17) is 10.5 Å². The monoisotopic (exact) mass is 236 g/mol. The molecule has 0 fully saturated rings. The SMILES string of the molecule is COc1cc(N(C)CC(F)(F)F)nc(N)n1. The Labute approximate surface area is 90.0 Å². The van der Waals surface area contributed by atoms with Gasteiger partial charge in [-0.15, -0.1) is 0 Å². The molecule has 0 atom stereocenters. The number of methoxy groups -OCH3 is 1. The summed E-state index contributed by atoms with van der Waals surface area (Å²) in [5.41, 5.74) is 5.33. The number of nitrogens with zero attached hydrogens (tertiary/aromatic N) is 3. The minimum atomic E-state index is -4.30. The summed E-state index contributed by atoms with van der Waals surface area (Å²) in [5, 5.41) is 0. The fraction of sp³-hybridized carbons (Fsp3) is 0.500. The highest BCUT2D eigenvalue weighted by Gasteiger charge is 2.30. The standard InChI is InChI=1S/C8H11F3N4O/c1-15(4-8(9,10)11)5-3-6(16-2)14-7(12)13-5/h3H,4H2,1-2H3,(H2,12,13,14). The first-order valence-corrected chi connectivity index (χ1v) is 4.28. The van der Waals surface area contributed by atoms with E-state index in [2.05, 4.69) is 9.97 Å². The zero-order chi connectivity index (χ0) is 12.3. The van der Waals surface area contributed by atoms with Gasteiger partial charge in [-0.1, -0.05) is 0 Å². The first kappa shape index (κ1) is 12.3. The van der Waals surface area contributed by atoms with Crippen LogP contribution in [0.5, 0.6) is 5.88 Å². The topological polar surface area (TPSA) is 64.3 Å². The Morgan fingerprint density at radius 1 is 1.44 bits per heavy atom. The van der Waals surface area contributed by atoms with Crippen molar-refractivity contribution in [2.75, 3.05) is 31.3 Å². The van der Waals surface area contributed by atoms with Gasteiger partial charge in [-0.2, -0.15) is 23.1 Å². The second kappa shape index (κ2) is 4.42. The number of nitrogens with two attached hydrogens (primary N) is 1. The van der Waals surface area contributed by atoms with E-state index in [0.29, 0.717) is 0 Å². The number of hydrogen-bond donors (Lipinski definition) is 1. The van der Waals surface area contributed by atoms with Crippen LogP contribution in [0.2, 0.25) is 0 Å². The van der Waals surface area contributed by atoms with Gasteiger partial charge in [-0.3, -0.25) is 0 Å². The molecule has 1 rings (SSSR count). The summed E-state index contributed by atoms with van der Waals surface area (Å²) in [7, 11) is 2.60. The van der Waals surface area contributed by atoms with Crippen LogP contribution in [0, 0.1) is 0 Å². The van der Waals surface area contributed by atoms with Crippen molar-refractivity contribution in [3.63, 3.8) is 0 Å². The quantitative estimate of drug-likeness (QED) is 0.850. The van der Waals surface area contributed by atoms with Crippen LogP contribution in [0.25, 0.3) is 0 Å². The number of halogens is 3. The predicted molar refractivity (Wildman–Crippen MR) is 52.3 cm³/mol. The molecule has 0 saturated carbocycles. The van der Waals surface area contributed by atoms with Crippen molar-refractivity contribution in [1.82, 2.24) is 9.97 Å². The van der Waals surface area contributed by atoms with Gasteiger partial charge < -0.3 is 15.4 Å². The molecule has 0 aromatic carbocycles. The zero-order valence-corrected chi connectivity index (χ0v) is 8.75. The van der Waals surface area contributed by atoms with Gasteiger partial charge in [0.1, 0.15) is 12.4 Å². The van der Waals surface area contributed by atoms with Crippen LogP contribution >= 0.6 is 0 Å². The Morgan fingerprint density at radius 2 is 2.06 bits per heavy atom. The van der Waals surface area contributed by atoms with Crippen molar-refractivity contribution < 1.29 is 17.9 Å².